The zero-order valence-electron chi connectivity index (χ0n) is 13.1. The molecule has 0 spiro atoms. The minimum Gasteiger partial charge on any atom is -0.481 e. The van der Waals surface area contributed by atoms with Gasteiger partial charge in [-0.15, -0.1) is 0 Å². The van der Waals surface area contributed by atoms with Crippen LogP contribution in [0.1, 0.15) is 18.9 Å². The van der Waals surface area contributed by atoms with Crippen LogP contribution in [0.2, 0.25) is 5.02 Å². The second-order valence-electron chi connectivity index (χ2n) is 5.55. The molecule has 1 aromatic carbocycles. The average Bonchev–Trinajstić information content (AvgIpc) is 2.50. The molecular formula is C16H20ClNO4S. The van der Waals surface area contributed by atoms with Gasteiger partial charge < -0.3 is 14.7 Å². The van der Waals surface area contributed by atoms with Crippen LogP contribution in [0.3, 0.4) is 0 Å². The number of benzene rings is 1. The summed E-state index contributed by atoms with van der Waals surface area (Å²) in [5.74, 6) is 0.809. The summed E-state index contributed by atoms with van der Waals surface area (Å²) in [6.07, 6.45) is -0.759. The molecular weight excluding hydrogens is 338 g/mol. The molecule has 1 aliphatic rings. The highest BCUT2D eigenvalue weighted by molar-refractivity contribution is 7.99. The molecule has 0 saturated carbocycles. The maximum atomic E-state index is 12.6. The lowest BCUT2D eigenvalue weighted by Crippen LogP contribution is -2.51. The molecule has 1 saturated heterocycles. The summed E-state index contributed by atoms with van der Waals surface area (Å²) in [4.78, 5) is 25.3. The molecule has 0 aromatic heterocycles. The SMILES string of the molecule is Cc1ccc(Cl)c(OC(C)C(=O)N2CCSCC2CC(=O)O)c1. The number of halogens is 1. The highest BCUT2D eigenvalue weighted by atomic mass is 35.5. The standard InChI is InChI=1S/C16H20ClNO4S/c1-10-3-4-13(17)14(7-10)22-11(2)16(21)18-5-6-23-9-12(18)8-15(19)20/h3-4,7,11-12H,5-6,8-9H2,1-2H3,(H,19,20). The molecule has 1 fully saturated rings. The van der Waals surface area contributed by atoms with Crippen molar-refractivity contribution < 1.29 is 19.4 Å². The number of carbonyl (C=O) groups excluding carboxylic acids is 1. The van der Waals surface area contributed by atoms with E-state index in [1.165, 1.54) is 0 Å². The normalized spacial score (nSPS) is 19.3. The van der Waals surface area contributed by atoms with Crippen LogP contribution in [-0.4, -0.2) is 52.1 Å². The molecule has 1 amide bonds. The summed E-state index contributed by atoms with van der Waals surface area (Å²) in [6, 6.07) is 5.09. The summed E-state index contributed by atoms with van der Waals surface area (Å²) in [7, 11) is 0. The zero-order chi connectivity index (χ0) is 17.0. The lowest BCUT2D eigenvalue weighted by molar-refractivity contribution is -0.143. The van der Waals surface area contributed by atoms with Crippen LogP contribution in [0.5, 0.6) is 5.75 Å². The van der Waals surface area contributed by atoms with E-state index in [2.05, 4.69) is 0 Å². The molecule has 2 rings (SSSR count). The van der Waals surface area contributed by atoms with Crippen molar-refractivity contribution in [3.8, 4) is 5.75 Å². The molecule has 2 atom stereocenters. The number of hydrogen-bond acceptors (Lipinski definition) is 4. The third-order valence-electron chi connectivity index (χ3n) is 3.66. The van der Waals surface area contributed by atoms with E-state index in [0.717, 1.165) is 11.3 Å². The fraction of sp³-hybridized carbons (Fsp3) is 0.500. The number of aliphatic carboxylic acids is 1. The van der Waals surface area contributed by atoms with Gasteiger partial charge in [0.25, 0.3) is 5.91 Å². The summed E-state index contributed by atoms with van der Waals surface area (Å²) < 4.78 is 5.72. The van der Waals surface area contributed by atoms with E-state index < -0.39 is 12.1 Å². The number of nitrogens with zero attached hydrogens (tertiary/aromatic N) is 1. The van der Waals surface area contributed by atoms with Gasteiger partial charge in [0.15, 0.2) is 6.10 Å². The van der Waals surface area contributed by atoms with Gasteiger partial charge in [0.1, 0.15) is 5.75 Å². The minimum atomic E-state index is -0.898. The summed E-state index contributed by atoms with van der Waals surface area (Å²) in [5.41, 5.74) is 0.988. The van der Waals surface area contributed by atoms with E-state index in [1.54, 1.807) is 35.7 Å². The molecule has 126 valence electrons. The number of aryl methyl sites for hydroxylation is 1. The predicted molar refractivity (Wildman–Crippen MR) is 91.4 cm³/mol. The first-order chi connectivity index (χ1) is 10.9. The third-order valence-corrected chi connectivity index (χ3v) is 5.06. The minimum absolute atomic E-state index is 0.0450. The molecule has 7 heteroatoms. The van der Waals surface area contributed by atoms with Gasteiger partial charge >= 0.3 is 5.97 Å². The van der Waals surface area contributed by atoms with Crippen LogP contribution < -0.4 is 4.74 Å². The lowest BCUT2D eigenvalue weighted by atomic mass is 10.1. The van der Waals surface area contributed by atoms with Gasteiger partial charge in [-0.2, -0.15) is 11.8 Å². The van der Waals surface area contributed by atoms with Gasteiger partial charge in [0, 0.05) is 18.1 Å². The fourth-order valence-corrected chi connectivity index (χ4v) is 3.72. The van der Waals surface area contributed by atoms with Crippen molar-refractivity contribution in [3.63, 3.8) is 0 Å². The largest absolute Gasteiger partial charge is 0.481 e. The van der Waals surface area contributed by atoms with Crippen LogP contribution in [0.15, 0.2) is 18.2 Å². The molecule has 0 bridgehead atoms. The maximum Gasteiger partial charge on any atom is 0.305 e. The number of carboxylic acids is 1. The van der Waals surface area contributed by atoms with Gasteiger partial charge in [0.2, 0.25) is 0 Å². The topological polar surface area (TPSA) is 66.8 Å². The van der Waals surface area contributed by atoms with E-state index in [-0.39, 0.29) is 18.4 Å². The molecule has 1 heterocycles. The monoisotopic (exact) mass is 357 g/mol. The highest BCUT2D eigenvalue weighted by Crippen LogP contribution is 2.27. The quantitative estimate of drug-likeness (QED) is 0.877. The Morgan fingerprint density at radius 1 is 1.52 bits per heavy atom. The lowest BCUT2D eigenvalue weighted by Gasteiger charge is -2.36. The average molecular weight is 358 g/mol. The Labute approximate surface area is 144 Å². The number of carbonyl (C=O) groups is 2. The van der Waals surface area contributed by atoms with E-state index in [4.69, 9.17) is 21.4 Å². The Kier molecular flexibility index (Phi) is 6.18. The number of amides is 1. The number of ether oxygens (including phenoxy) is 1. The fourth-order valence-electron chi connectivity index (χ4n) is 2.49. The molecule has 1 aliphatic heterocycles. The van der Waals surface area contributed by atoms with Crippen molar-refractivity contribution in [1.82, 2.24) is 4.90 Å². The van der Waals surface area contributed by atoms with E-state index in [0.29, 0.717) is 23.1 Å². The van der Waals surface area contributed by atoms with Crippen molar-refractivity contribution in [2.45, 2.75) is 32.4 Å². The summed E-state index contributed by atoms with van der Waals surface area (Å²) in [6.45, 7) is 4.12. The number of hydrogen-bond donors (Lipinski definition) is 1. The molecule has 23 heavy (non-hydrogen) atoms. The Morgan fingerprint density at radius 2 is 2.26 bits per heavy atom. The number of thioether (sulfide) groups is 1. The van der Waals surface area contributed by atoms with E-state index in [1.807, 2.05) is 13.0 Å². The molecule has 0 radical (unpaired) electrons. The van der Waals surface area contributed by atoms with Gasteiger partial charge in [-0.25, -0.2) is 0 Å². The van der Waals surface area contributed by atoms with E-state index in [9.17, 15) is 9.59 Å². The maximum absolute atomic E-state index is 12.6. The zero-order valence-corrected chi connectivity index (χ0v) is 14.7. The Morgan fingerprint density at radius 3 is 2.96 bits per heavy atom. The Balaban J connectivity index is 2.08. The number of rotatable bonds is 5. The summed E-state index contributed by atoms with van der Waals surface area (Å²) >= 11 is 7.76. The van der Waals surface area contributed by atoms with Crippen LogP contribution >= 0.6 is 23.4 Å². The summed E-state index contributed by atoms with van der Waals surface area (Å²) in [5, 5.41) is 9.46. The van der Waals surface area contributed by atoms with Crippen molar-refractivity contribution in [2.75, 3.05) is 18.1 Å². The van der Waals surface area contributed by atoms with Crippen molar-refractivity contribution in [2.24, 2.45) is 0 Å². The third kappa shape index (κ3) is 4.78. The van der Waals surface area contributed by atoms with E-state index >= 15 is 0 Å². The van der Waals surface area contributed by atoms with Crippen molar-refractivity contribution >= 4 is 35.2 Å². The molecule has 0 aliphatic carbocycles. The first-order valence-corrected chi connectivity index (χ1v) is 8.94. The van der Waals surface area contributed by atoms with Gasteiger partial charge in [-0.1, -0.05) is 17.7 Å². The van der Waals surface area contributed by atoms with Crippen LogP contribution in [-0.2, 0) is 9.59 Å². The Bertz CT molecular complexity index is 595. The van der Waals surface area contributed by atoms with Gasteiger partial charge in [-0.05, 0) is 31.5 Å². The van der Waals surface area contributed by atoms with Crippen LogP contribution in [0.4, 0.5) is 0 Å². The van der Waals surface area contributed by atoms with Crippen molar-refractivity contribution in [3.05, 3.63) is 28.8 Å². The van der Waals surface area contributed by atoms with Gasteiger partial charge in [0.05, 0.1) is 17.5 Å². The molecule has 1 aromatic rings. The first kappa shape index (κ1) is 17.9. The predicted octanol–water partition coefficient (Wildman–Crippen LogP) is 2.83. The molecule has 1 N–H and O–H groups in total. The molecule has 2 unspecified atom stereocenters. The van der Waals surface area contributed by atoms with Crippen molar-refractivity contribution in [1.29, 1.82) is 0 Å². The molecule has 5 nitrogen and oxygen atoms in total. The van der Waals surface area contributed by atoms with Gasteiger partial charge in [-0.3, -0.25) is 9.59 Å². The smallest absolute Gasteiger partial charge is 0.305 e. The van der Waals surface area contributed by atoms with Crippen LogP contribution in [0.25, 0.3) is 0 Å². The first-order valence-electron chi connectivity index (χ1n) is 7.41. The Hall–Kier alpha value is -1.40. The number of carboxylic acid groups (broad SMARTS) is 1. The second-order valence-corrected chi connectivity index (χ2v) is 7.11. The second kappa shape index (κ2) is 7.93. The highest BCUT2D eigenvalue weighted by Gasteiger charge is 2.32. The van der Waals surface area contributed by atoms with Crippen LogP contribution in [0, 0.1) is 6.92 Å².